The van der Waals surface area contributed by atoms with Crippen LogP contribution in [0.25, 0.3) is 0 Å². The smallest absolute Gasteiger partial charge is 0.409 e. The Balaban J connectivity index is 1.27. The van der Waals surface area contributed by atoms with E-state index < -0.39 is 22.1 Å². The molecular formula is C20H26BrFN8O7S. The zero-order valence-corrected chi connectivity index (χ0v) is 22.6. The maximum Gasteiger partial charge on any atom is 0.409 e. The molecule has 2 fully saturated rings. The lowest BCUT2D eigenvalue weighted by Gasteiger charge is -2.37. The summed E-state index contributed by atoms with van der Waals surface area (Å²) in [5.74, 6) is -0.497. The third-order valence-corrected chi connectivity index (χ3v) is 8.52. The SMILES string of the molecule is COC1CN(C(=O)OCCN2CCN(CCNc3nonc3C(=Nc3ccc(F)c(Br)c3)NO)S2(=O)=O)C1. The minimum absolute atomic E-state index is 0.00352. The van der Waals surface area contributed by atoms with Crippen LogP contribution in [-0.2, 0) is 19.7 Å². The molecule has 0 aliphatic carbocycles. The van der Waals surface area contributed by atoms with E-state index in [2.05, 4.69) is 36.6 Å². The summed E-state index contributed by atoms with van der Waals surface area (Å²) in [5, 5.41) is 19.9. The second kappa shape index (κ2) is 12.3. The molecule has 4 rings (SSSR count). The summed E-state index contributed by atoms with van der Waals surface area (Å²) >= 11 is 3.07. The normalized spacial score (nSPS) is 18.4. The molecule has 2 aliphatic rings. The molecule has 38 heavy (non-hydrogen) atoms. The summed E-state index contributed by atoms with van der Waals surface area (Å²) in [6.07, 6.45) is -0.496. The van der Waals surface area contributed by atoms with Gasteiger partial charge in [0, 0.05) is 39.8 Å². The molecule has 0 bridgehead atoms. The number of rotatable bonds is 10. The number of carbonyl (C=O) groups is 1. The van der Waals surface area contributed by atoms with Crippen LogP contribution in [0.3, 0.4) is 0 Å². The highest BCUT2D eigenvalue weighted by Gasteiger charge is 2.37. The van der Waals surface area contributed by atoms with Crippen LogP contribution in [0.5, 0.6) is 0 Å². The minimum atomic E-state index is -3.74. The van der Waals surface area contributed by atoms with Crippen LogP contribution in [-0.4, -0.2) is 115 Å². The molecule has 0 atom stereocenters. The molecular weight excluding hydrogens is 595 g/mol. The molecule has 2 aliphatic heterocycles. The third-order valence-electron chi connectivity index (χ3n) is 5.87. The average Bonchev–Trinajstić information content (AvgIpc) is 3.43. The second-order valence-corrected chi connectivity index (χ2v) is 11.0. The number of hydrogen-bond donors (Lipinski definition) is 3. The molecule has 15 nitrogen and oxygen atoms in total. The first-order chi connectivity index (χ1) is 18.2. The van der Waals surface area contributed by atoms with E-state index in [1.54, 1.807) is 7.11 Å². The van der Waals surface area contributed by atoms with Crippen LogP contribution in [0.1, 0.15) is 5.69 Å². The Labute approximate surface area is 225 Å². The van der Waals surface area contributed by atoms with Crippen molar-refractivity contribution in [3.63, 3.8) is 0 Å². The molecule has 1 aromatic carbocycles. The van der Waals surface area contributed by atoms with Crippen LogP contribution in [0.15, 0.2) is 32.3 Å². The first-order valence-corrected chi connectivity index (χ1v) is 13.6. The van der Waals surface area contributed by atoms with Crippen molar-refractivity contribution < 1.29 is 36.9 Å². The summed E-state index contributed by atoms with van der Waals surface area (Å²) in [6.45, 7) is 1.63. The van der Waals surface area contributed by atoms with E-state index in [9.17, 15) is 22.8 Å². The van der Waals surface area contributed by atoms with Crippen LogP contribution < -0.4 is 10.8 Å². The van der Waals surface area contributed by atoms with Gasteiger partial charge < -0.3 is 19.7 Å². The number of amides is 1. The average molecular weight is 621 g/mol. The number of aromatic nitrogens is 2. The lowest BCUT2D eigenvalue weighted by molar-refractivity contribution is -0.0275. The maximum absolute atomic E-state index is 13.5. The van der Waals surface area contributed by atoms with Crippen LogP contribution in [0, 0.1) is 5.82 Å². The zero-order chi connectivity index (χ0) is 27.3. The number of nitrogens with zero attached hydrogens (tertiary/aromatic N) is 6. The molecule has 2 saturated heterocycles. The number of hydrogen-bond acceptors (Lipinski definition) is 11. The Kier molecular flexibility index (Phi) is 9.11. The molecule has 1 aromatic heterocycles. The largest absolute Gasteiger partial charge is 0.448 e. The minimum Gasteiger partial charge on any atom is -0.448 e. The molecule has 208 valence electrons. The van der Waals surface area contributed by atoms with E-state index in [-0.39, 0.29) is 67.3 Å². The highest BCUT2D eigenvalue weighted by atomic mass is 79.9. The summed E-state index contributed by atoms with van der Waals surface area (Å²) < 4.78 is 56.9. The van der Waals surface area contributed by atoms with E-state index in [1.165, 1.54) is 31.7 Å². The Morgan fingerprint density at radius 3 is 2.71 bits per heavy atom. The molecule has 0 spiro atoms. The van der Waals surface area contributed by atoms with Crippen LogP contribution >= 0.6 is 15.9 Å². The van der Waals surface area contributed by atoms with Gasteiger partial charge in [0.2, 0.25) is 5.82 Å². The van der Waals surface area contributed by atoms with Crippen molar-refractivity contribution in [2.75, 3.05) is 64.8 Å². The number of hydroxylamine groups is 1. The molecule has 3 heterocycles. The number of halogens is 2. The second-order valence-electron chi connectivity index (χ2n) is 8.24. The summed E-state index contributed by atoms with van der Waals surface area (Å²) in [6, 6.07) is 4.00. The van der Waals surface area contributed by atoms with Gasteiger partial charge in [-0.3, -0.25) is 10.7 Å². The van der Waals surface area contributed by atoms with Crippen molar-refractivity contribution >= 4 is 49.6 Å². The van der Waals surface area contributed by atoms with Crippen molar-refractivity contribution in [3.8, 4) is 0 Å². The van der Waals surface area contributed by atoms with Crippen LogP contribution in [0.4, 0.5) is 20.7 Å². The fourth-order valence-corrected chi connectivity index (χ4v) is 5.65. The molecule has 0 saturated carbocycles. The number of carbonyl (C=O) groups excluding carboxylic acids is 1. The van der Waals surface area contributed by atoms with Gasteiger partial charge in [-0.2, -0.15) is 17.0 Å². The van der Waals surface area contributed by atoms with Gasteiger partial charge in [0.1, 0.15) is 12.4 Å². The maximum atomic E-state index is 13.5. The number of anilines is 1. The van der Waals surface area contributed by atoms with Gasteiger partial charge in [-0.15, -0.1) is 0 Å². The van der Waals surface area contributed by atoms with E-state index in [1.807, 2.05) is 5.48 Å². The van der Waals surface area contributed by atoms with E-state index in [0.29, 0.717) is 18.8 Å². The number of methoxy groups -OCH3 is 1. The molecule has 0 radical (unpaired) electrons. The van der Waals surface area contributed by atoms with E-state index in [4.69, 9.17) is 14.1 Å². The molecule has 0 unspecified atom stereocenters. The quantitative estimate of drug-likeness (QED) is 0.194. The zero-order valence-electron chi connectivity index (χ0n) is 20.2. The van der Waals surface area contributed by atoms with Crippen molar-refractivity contribution in [1.82, 2.24) is 29.3 Å². The van der Waals surface area contributed by atoms with E-state index in [0.717, 1.165) is 0 Å². The Morgan fingerprint density at radius 2 is 2.03 bits per heavy atom. The van der Waals surface area contributed by atoms with Gasteiger partial charge in [-0.05, 0) is 44.4 Å². The van der Waals surface area contributed by atoms with Gasteiger partial charge in [0.15, 0.2) is 11.5 Å². The lowest BCUT2D eigenvalue weighted by atomic mass is 10.2. The van der Waals surface area contributed by atoms with Gasteiger partial charge in [-0.25, -0.2) is 18.8 Å². The van der Waals surface area contributed by atoms with Crippen molar-refractivity contribution in [2.45, 2.75) is 6.10 Å². The van der Waals surface area contributed by atoms with Crippen molar-refractivity contribution in [1.29, 1.82) is 0 Å². The predicted octanol–water partition coefficient (Wildman–Crippen LogP) is 0.770. The first kappa shape index (κ1) is 28.1. The number of likely N-dealkylation sites (tertiary alicyclic amines) is 1. The number of nitrogens with one attached hydrogen (secondary N) is 2. The number of benzene rings is 1. The van der Waals surface area contributed by atoms with Gasteiger partial charge in [0.05, 0.1) is 29.4 Å². The Morgan fingerprint density at radius 1 is 1.29 bits per heavy atom. The van der Waals surface area contributed by atoms with Gasteiger partial charge in [0.25, 0.3) is 10.2 Å². The Hall–Kier alpha value is -2.90. The monoisotopic (exact) mass is 620 g/mol. The molecule has 1 amide bonds. The van der Waals surface area contributed by atoms with Gasteiger partial charge >= 0.3 is 6.09 Å². The molecule has 2 aromatic rings. The third kappa shape index (κ3) is 6.38. The topological polar surface area (TPSA) is 175 Å². The van der Waals surface area contributed by atoms with Crippen molar-refractivity contribution in [2.24, 2.45) is 4.99 Å². The fraction of sp³-hybridized carbons (Fsp3) is 0.500. The first-order valence-electron chi connectivity index (χ1n) is 11.4. The summed E-state index contributed by atoms with van der Waals surface area (Å²) in [5.41, 5.74) is 2.24. The molecule has 18 heteroatoms. The fourth-order valence-electron chi connectivity index (χ4n) is 3.71. The Bertz CT molecular complexity index is 1270. The highest BCUT2D eigenvalue weighted by molar-refractivity contribution is 9.10. The van der Waals surface area contributed by atoms with Gasteiger partial charge in [-0.1, -0.05) is 0 Å². The summed E-state index contributed by atoms with van der Waals surface area (Å²) in [7, 11) is -2.17. The highest BCUT2D eigenvalue weighted by Crippen LogP contribution is 2.23. The van der Waals surface area contributed by atoms with Crippen molar-refractivity contribution in [3.05, 3.63) is 34.2 Å². The van der Waals surface area contributed by atoms with Crippen LogP contribution in [0.2, 0.25) is 0 Å². The predicted molar refractivity (Wildman–Crippen MR) is 134 cm³/mol. The lowest BCUT2D eigenvalue weighted by Crippen LogP contribution is -2.54. The van der Waals surface area contributed by atoms with E-state index >= 15 is 0 Å². The number of amidine groups is 1. The summed E-state index contributed by atoms with van der Waals surface area (Å²) in [4.78, 5) is 17.6. The number of ether oxygens (including phenoxy) is 2. The number of aliphatic imine (C=N–C) groups is 1. The standard InChI is InChI=1S/C20H26BrFN8O7S/c1-35-14-11-28(12-14)20(31)36-9-8-30-7-6-29(38(30,33)34)5-4-23-18-17(26-37-27-18)19(25-32)24-13-2-3-16(22)15(21)10-13/h2-3,10,14,32H,4-9,11-12H2,1H3,(H,23,27)(H,24,25). The molecule has 3 N–H and O–H groups in total.